The van der Waals surface area contributed by atoms with Crippen molar-refractivity contribution in [1.29, 1.82) is 0 Å². The van der Waals surface area contributed by atoms with Crippen molar-refractivity contribution in [2.24, 2.45) is 4.99 Å². The smallest absolute Gasteiger partial charge is 0.335 e. The molecule has 1 saturated heterocycles. The Morgan fingerprint density at radius 1 is 1.18 bits per heavy atom. The molecule has 1 fully saturated rings. The van der Waals surface area contributed by atoms with E-state index in [1.54, 1.807) is 7.05 Å². The van der Waals surface area contributed by atoms with Crippen LogP contribution in [0.3, 0.4) is 0 Å². The van der Waals surface area contributed by atoms with E-state index in [2.05, 4.69) is 26.2 Å². The maximum Gasteiger partial charge on any atom is 0.335 e. The van der Waals surface area contributed by atoms with Gasteiger partial charge in [0.25, 0.3) is 0 Å². The average molecular weight is 462 g/mol. The first-order valence-corrected chi connectivity index (χ1v) is 9.92. The van der Waals surface area contributed by atoms with Crippen LogP contribution in [0.2, 0.25) is 0 Å². The molecule has 0 radical (unpaired) electrons. The number of carboxylic acid groups (broad SMARTS) is 1. The van der Waals surface area contributed by atoms with E-state index in [0.717, 1.165) is 4.47 Å². The molecule has 2 N–H and O–H groups in total. The fourth-order valence-corrected chi connectivity index (χ4v) is 3.92. The first-order chi connectivity index (χ1) is 13.3. The molecule has 28 heavy (non-hydrogen) atoms. The van der Waals surface area contributed by atoms with E-state index in [1.807, 2.05) is 24.3 Å². The molecule has 0 saturated carbocycles. The summed E-state index contributed by atoms with van der Waals surface area (Å²) < 4.78 is 0.936. The van der Waals surface area contributed by atoms with Gasteiger partial charge in [0.05, 0.1) is 11.3 Å². The molecule has 3 rings (SSSR count). The molecule has 0 bridgehead atoms. The molecule has 0 unspecified atom stereocenters. The number of amidine groups is 1. The number of hydrogen-bond acceptors (Lipinski definition) is 5. The molecule has 2 aromatic rings. The highest BCUT2D eigenvalue weighted by atomic mass is 79.9. The fraction of sp³-hybridized carbons (Fsp3) is 0.158. The lowest BCUT2D eigenvalue weighted by molar-refractivity contribution is -0.127. The Morgan fingerprint density at radius 2 is 1.82 bits per heavy atom. The number of rotatable bonds is 5. The van der Waals surface area contributed by atoms with Gasteiger partial charge in [0.15, 0.2) is 5.17 Å². The van der Waals surface area contributed by atoms with Crippen molar-refractivity contribution in [3.8, 4) is 0 Å². The maximum absolute atomic E-state index is 12.4. The molecule has 1 heterocycles. The van der Waals surface area contributed by atoms with Crippen LogP contribution in [0.4, 0.5) is 11.4 Å². The molecule has 1 aliphatic rings. The number of nitrogens with zero attached hydrogens (tertiary/aromatic N) is 2. The molecule has 1 atom stereocenters. The Morgan fingerprint density at radius 3 is 2.43 bits per heavy atom. The number of thioether (sulfide) groups is 1. The minimum Gasteiger partial charge on any atom is -0.478 e. The van der Waals surface area contributed by atoms with Gasteiger partial charge >= 0.3 is 5.97 Å². The summed E-state index contributed by atoms with van der Waals surface area (Å²) in [5.41, 5.74) is 1.33. The third kappa shape index (κ3) is 4.79. The summed E-state index contributed by atoms with van der Waals surface area (Å²) in [5.74, 6) is -1.55. The van der Waals surface area contributed by atoms with Crippen LogP contribution in [0.1, 0.15) is 16.8 Å². The number of nitrogens with one attached hydrogen (secondary N) is 1. The van der Waals surface area contributed by atoms with E-state index < -0.39 is 11.2 Å². The Bertz CT molecular complexity index is 945. The summed E-state index contributed by atoms with van der Waals surface area (Å²) in [4.78, 5) is 41.5. The molecular formula is C19H16BrN3O4S. The lowest BCUT2D eigenvalue weighted by Gasteiger charge is -2.09. The molecule has 0 spiro atoms. The van der Waals surface area contributed by atoms with Crippen LogP contribution >= 0.6 is 27.7 Å². The number of carbonyl (C=O) groups is 3. The van der Waals surface area contributed by atoms with Gasteiger partial charge in [-0.2, -0.15) is 0 Å². The number of anilines is 1. The third-order valence-corrected chi connectivity index (χ3v) is 5.74. The standard InChI is InChI=1S/C19H16BrN3O4S/c1-23-17(25)15(28-19(23)22-14-8-4-12(20)5-9-14)10-16(24)21-13-6-2-11(3-7-13)18(26)27/h2-9,15H,10H2,1H3,(H,21,24)(H,26,27)/t15-/m1/s1. The predicted molar refractivity (Wildman–Crippen MR) is 112 cm³/mol. The normalized spacial score (nSPS) is 17.8. The second kappa shape index (κ2) is 8.57. The second-order valence-corrected chi connectivity index (χ2v) is 8.09. The van der Waals surface area contributed by atoms with E-state index in [9.17, 15) is 14.4 Å². The highest BCUT2D eigenvalue weighted by molar-refractivity contribution is 9.10. The Balaban J connectivity index is 1.63. The summed E-state index contributed by atoms with van der Waals surface area (Å²) in [6.07, 6.45) is -0.00607. The van der Waals surface area contributed by atoms with Gasteiger partial charge in [-0.1, -0.05) is 27.7 Å². The number of amides is 2. The number of halogens is 1. The first kappa shape index (κ1) is 20.1. The topological polar surface area (TPSA) is 99.1 Å². The van der Waals surface area contributed by atoms with Crippen LogP contribution in [0.5, 0.6) is 0 Å². The van der Waals surface area contributed by atoms with E-state index >= 15 is 0 Å². The minimum atomic E-state index is -1.04. The van der Waals surface area contributed by atoms with Gasteiger partial charge in [-0.15, -0.1) is 0 Å². The molecule has 2 amide bonds. The van der Waals surface area contributed by atoms with Crippen molar-refractivity contribution in [1.82, 2.24) is 4.90 Å². The zero-order chi connectivity index (χ0) is 20.3. The van der Waals surface area contributed by atoms with Crippen molar-refractivity contribution in [2.75, 3.05) is 12.4 Å². The van der Waals surface area contributed by atoms with Crippen LogP contribution in [-0.2, 0) is 9.59 Å². The summed E-state index contributed by atoms with van der Waals surface area (Å²) in [5, 5.41) is 11.6. The molecule has 0 aromatic heterocycles. The zero-order valence-corrected chi connectivity index (χ0v) is 17.2. The molecule has 9 heteroatoms. The van der Waals surface area contributed by atoms with Crippen molar-refractivity contribution in [3.63, 3.8) is 0 Å². The molecule has 2 aromatic carbocycles. The Kier molecular flexibility index (Phi) is 6.15. The number of aromatic carboxylic acids is 1. The highest BCUT2D eigenvalue weighted by Gasteiger charge is 2.37. The van der Waals surface area contributed by atoms with E-state index in [0.29, 0.717) is 16.5 Å². The lowest BCUT2D eigenvalue weighted by Crippen LogP contribution is -2.30. The number of benzene rings is 2. The van der Waals surface area contributed by atoms with E-state index in [1.165, 1.54) is 40.9 Å². The van der Waals surface area contributed by atoms with Crippen LogP contribution in [0, 0.1) is 0 Å². The molecule has 1 aliphatic heterocycles. The number of carbonyl (C=O) groups excluding carboxylic acids is 2. The van der Waals surface area contributed by atoms with Gasteiger partial charge in [-0.05, 0) is 48.5 Å². The molecule has 7 nitrogen and oxygen atoms in total. The third-order valence-electron chi connectivity index (χ3n) is 3.98. The zero-order valence-electron chi connectivity index (χ0n) is 14.8. The van der Waals surface area contributed by atoms with Crippen LogP contribution in [0.15, 0.2) is 58.0 Å². The first-order valence-electron chi connectivity index (χ1n) is 8.25. The quantitative estimate of drug-likeness (QED) is 0.706. The summed E-state index contributed by atoms with van der Waals surface area (Å²) in [6, 6.07) is 13.2. The SMILES string of the molecule is CN1C(=O)[C@@H](CC(=O)Nc2ccc(C(=O)O)cc2)SC1=Nc1ccc(Br)cc1. The maximum atomic E-state index is 12.4. The molecular weight excluding hydrogens is 446 g/mol. The monoisotopic (exact) mass is 461 g/mol. The van der Waals surface area contributed by atoms with Crippen molar-refractivity contribution >= 4 is 62.0 Å². The van der Waals surface area contributed by atoms with Gasteiger partial charge in [0.2, 0.25) is 11.8 Å². The number of hydrogen-bond donors (Lipinski definition) is 2. The van der Waals surface area contributed by atoms with Gasteiger partial charge in [0, 0.05) is 23.6 Å². The van der Waals surface area contributed by atoms with Gasteiger partial charge in [0.1, 0.15) is 5.25 Å². The predicted octanol–water partition coefficient (Wildman–Crippen LogP) is 3.74. The second-order valence-electron chi connectivity index (χ2n) is 6.01. The Hall–Kier alpha value is -2.65. The van der Waals surface area contributed by atoms with Crippen molar-refractivity contribution in [3.05, 3.63) is 58.6 Å². The number of aliphatic imine (C=N–C) groups is 1. The summed E-state index contributed by atoms with van der Waals surface area (Å²) >= 11 is 4.61. The van der Waals surface area contributed by atoms with E-state index in [-0.39, 0.29) is 23.8 Å². The van der Waals surface area contributed by atoms with Gasteiger partial charge in [-0.25, -0.2) is 9.79 Å². The molecule has 144 valence electrons. The van der Waals surface area contributed by atoms with Crippen LogP contribution < -0.4 is 5.32 Å². The lowest BCUT2D eigenvalue weighted by atomic mass is 10.2. The van der Waals surface area contributed by atoms with Crippen LogP contribution in [0.25, 0.3) is 0 Å². The number of carboxylic acids is 1. The fourth-order valence-electron chi connectivity index (χ4n) is 2.50. The van der Waals surface area contributed by atoms with Crippen molar-refractivity contribution in [2.45, 2.75) is 11.7 Å². The van der Waals surface area contributed by atoms with Gasteiger partial charge in [-0.3, -0.25) is 14.5 Å². The Labute approximate surface area is 174 Å². The van der Waals surface area contributed by atoms with Crippen molar-refractivity contribution < 1.29 is 19.5 Å². The highest BCUT2D eigenvalue weighted by Crippen LogP contribution is 2.31. The molecule has 0 aliphatic carbocycles. The largest absolute Gasteiger partial charge is 0.478 e. The minimum absolute atomic E-state index is 0.00607. The summed E-state index contributed by atoms with van der Waals surface area (Å²) in [6.45, 7) is 0. The average Bonchev–Trinajstić information content (AvgIpc) is 2.92. The summed E-state index contributed by atoms with van der Waals surface area (Å²) in [7, 11) is 1.63. The van der Waals surface area contributed by atoms with Gasteiger partial charge < -0.3 is 10.4 Å². The van der Waals surface area contributed by atoms with E-state index in [4.69, 9.17) is 5.11 Å². The van der Waals surface area contributed by atoms with Crippen LogP contribution in [-0.4, -0.2) is 45.3 Å².